The van der Waals surface area contributed by atoms with Crippen molar-refractivity contribution in [3.05, 3.63) is 0 Å². The first-order valence-corrected chi connectivity index (χ1v) is 7.49. The molecule has 2 heterocycles. The summed E-state index contributed by atoms with van der Waals surface area (Å²) in [5.74, 6) is 0.870. The van der Waals surface area contributed by atoms with Gasteiger partial charge in [-0.15, -0.1) is 0 Å². The Morgan fingerprint density at radius 2 is 1.61 bits per heavy atom. The van der Waals surface area contributed by atoms with E-state index in [2.05, 4.69) is 29.1 Å². The van der Waals surface area contributed by atoms with Crippen molar-refractivity contribution in [3.63, 3.8) is 0 Å². The number of nitrogens with one attached hydrogen (secondary N) is 1. The maximum atomic E-state index is 5.38. The molecule has 2 aliphatic heterocycles. The van der Waals surface area contributed by atoms with Crippen LogP contribution in [0.5, 0.6) is 0 Å². The molecule has 4 nitrogen and oxygen atoms in total. The van der Waals surface area contributed by atoms with Crippen molar-refractivity contribution >= 4 is 0 Å². The summed E-state index contributed by atoms with van der Waals surface area (Å²) in [4.78, 5) is 5.17. The SMILES string of the molecule is CNC(C)C1CCN(CCN2CCOCC2)CC1. The fraction of sp³-hybridized carbons (Fsp3) is 1.00. The summed E-state index contributed by atoms with van der Waals surface area (Å²) in [6.45, 7) is 11.4. The molecule has 0 aliphatic carbocycles. The van der Waals surface area contributed by atoms with E-state index >= 15 is 0 Å². The van der Waals surface area contributed by atoms with Crippen molar-refractivity contribution in [1.82, 2.24) is 15.1 Å². The number of piperidine rings is 1. The van der Waals surface area contributed by atoms with Gasteiger partial charge in [-0.05, 0) is 45.8 Å². The lowest BCUT2D eigenvalue weighted by Crippen LogP contribution is -2.45. The van der Waals surface area contributed by atoms with E-state index in [-0.39, 0.29) is 0 Å². The molecule has 0 radical (unpaired) electrons. The molecule has 18 heavy (non-hydrogen) atoms. The first-order valence-electron chi connectivity index (χ1n) is 7.49. The highest BCUT2D eigenvalue weighted by Gasteiger charge is 2.23. The molecule has 1 unspecified atom stereocenters. The highest BCUT2D eigenvalue weighted by Crippen LogP contribution is 2.20. The Balaban J connectivity index is 1.61. The van der Waals surface area contributed by atoms with Crippen LogP contribution in [-0.2, 0) is 4.74 Å². The summed E-state index contributed by atoms with van der Waals surface area (Å²) in [6.07, 6.45) is 2.70. The summed E-state index contributed by atoms with van der Waals surface area (Å²) in [6, 6.07) is 0.673. The summed E-state index contributed by atoms with van der Waals surface area (Å²) < 4.78 is 5.38. The third kappa shape index (κ3) is 4.19. The predicted molar refractivity (Wildman–Crippen MR) is 74.9 cm³/mol. The van der Waals surface area contributed by atoms with Crippen LogP contribution < -0.4 is 5.32 Å². The number of rotatable bonds is 5. The molecule has 2 aliphatic rings. The molecule has 2 saturated heterocycles. The monoisotopic (exact) mass is 255 g/mol. The van der Waals surface area contributed by atoms with Crippen molar-refractivity contribution < 1.29 is 4.74 Å². The quantitative estimate of drug-likeness (QED) is 0.780. The summed E-state index contributed by atoms with van der Waals surface area (Å²) in [7, 11) is 2.08. The van der Waals surface area contributed by atoms with E-state index in [1.807, 2.05) is 0 Å². The van der Waals surface area contributed by atoms with Gasteiger partial charge in [-0.2, -0.15) is 0 Å². The van der Waals surface area contributed by atoms with Crippen molar-refractivity contribution in [2.45, 2.75) is 25.8 Å². The van der Waals surface area contributed by atoms with Gasteiger partial charge in [0.25, 0.3) is 0 Å². The van der Waals surface area contributed by atoms with Gasteiger partial charge in [-0.25, -0.2) is 0 Å². The van der Waals surface area contributed by atoms with Crippen LogP contribution in [0.2, 0.25) is 0 Å². The lowest BCUT2D eigenvalue weighted by Gasteiger charge is -2.36. The zero-order valence-electron chi connectivity index (χ0n) is 12.0. The Labute approximate surface area is 112 Å². The van der Waals surface area contributed by atoms with Gasteiger partial charge in [0.2, 0.25) is 0 Å². The van der Waals surface area contributed by atoms with Gasteiger partial charge < -0.3 is 15.0 Å². The number of hydrogen-bond acceptors (Lipinski definition) is 4. The van der Waals surface area contributed by atoms with E-state index in [0.717, 1.165) is 32.2 Å². The maximum absolute atomic E-state index is 5.38. The highest BCUT2D eigenvalue weighted by molar-refractivity contribution is 4.79. The molecule has 0 amide bonds. The molecule has 0 aromatic heterocycles. The molecule has 1 N–H and O–H groups in total. The lowest BCUT2D eigenvalue weighted by molar-refractivity contribution is 0.0310. The standard InChI is InChI=1S/C14H29N3O/c1-13(15-2)14-3-5-16(6-4-14)7-8-17-9-11-18-12-10-17/h13-15H,3-12H2,1-2H3. The van der Waals surface area contributed by atoms with Crippen LogP contribution in [-0.4, -0.2) is 75.4 Å². The maximum Gasteiger partial charge on any atom is 0.0594 e. The fourth-order valence-corrected chi connectivity index (χ4v) is 3.02. The second kappa shape index (κ2) is 7.43. The van der Waals surface area contributed by atoms with Gasteiger partial charge >= 0.3 is 0 Å². The van der Waals surface area contributed by atoms with E-state index < -0.39 is 0 Å². The number of hydrogen-bond donors (Lipinski definition) is 1. The molecule has 1 atom stereocenters. The van der Waals surface area contributed by atoms with Crippen LogP contribution >= 0.6 is 0 Å². The molecule has 0 saturated carbocycles. The number of ether oxygens (including phenoxy) is 1. The number of likely N-dealkylation sites (tertiary alicyclic amines) is 1. The highest BCUT2D eigenvalue weighted by atomic mass is 16.5. The van der Waals surface area contributed by atoms with Crippen molar-refractivity contribution in [3.8, 4) is 0 Å². The smallest absolute Gasteiger partial charge is 0.0594 e. The van der Waals surface area contributed by atoms with Gasteiger partial charge in [0, 0.05) is 32.2 Å². The van der Waals surface area contributed by atoms with E-state index in [1.54, 1.807) is 0 Å². The zero-order valence-corrected chi connectivity index (χ0v) is 12.0. The van der Waals surface area contributed by atoms with E-state index in [1.165, 1.54) is 39.0 Å². The zero-order chi connectivity index (χ0) is 12.8. The van der Waals surface area contributed by atoms with E-state index in [4.69, 9.17) is 4.74 Å². The second-order valence-electron chi connectivity index (χ2n) is 5.71. The molecule has 106 valence electrons. The first kappa shape index (κ1) is 14.3. The fourth-order valence-electron chi connectivity index (χ4n) is 3.02. The average Bonchev–Trinajstić information content (AvgIpc) is 2.46. The first-order chi connectivity index (χ1) is 8.79. The van der Waals surface area contributed by atoms with Crippen molar-refractivity contribution in [2.75, 3.05) is 59.5 Å². The normalized spacial score (nSPS) is 26.3. The van der Waals surface area contributed by atoms with Gasteiger partial charge in [0.15, 0.2) is 0 Å². The Kier molecular flexibility index (Phi) is 5.89. The third-order valence-electron chi connectivity index (χ3n) is 4.63. The van der Waals surface area contributed by atoms with Crippen molar-refractivity contribution in [2.24, 2.45) is 5.92 Å². The molecular formula is C14H29N3O. The van der Waals surface area contributed by atoms with Crippen LogP contribution in [0.4, 0.5) is 0 Å². The minimum absolute atomic E-state index is 0.673. The van der Waals surface area contributed by atoms with Crippen LogP contribution in [0.15, 0.2) is 0 Å². The number of nitrogens with zero attached hydrogens (tertiary/aromatic N) is 2. The molecule has 2 rings (SSSR count). The van der Waals surface area contributed by atoms with Gasteiger partial charge in [0.1, 0.15) is 0 Å². The molecule has 0 aromatic carbocycles. The Morgan fingerprint density at radius 3 is 2.17 bits per heavy atom. The van der Waals surface area contributed by atoms with Gasteiger partial charge in [0.05, 0.1) is 13.2 Å². The molecule has 2 fully saturated rings. The summed E-state index contributed by atoms with van der Waals surface area (Å²) in [5, 5.41) is 3.39. The Hall–Kier alpha value is -0.160. The molecule has 4 heteroatoms. The van der Waals surface area contributed by atoms with Crippen molar-refractivity contribution in [1.29, 1.82) is 0 Å². The summed E-state index contributed by atoms with van der Waals surface area (Å²) in [5.41, 5.74) is 0. The van der Waals surface area contributed by atoms with Crippen LogP contribution in [0.1, 0.15) is 19.8 Å². The largest absolute Gasteiger partial charge is 0.379 e. The van der Waals surface area contributed by atoms with Crippen LogP contribution in [0, 0.1) is 5.92 Å². The van der Waals surface area contributed by atoms with Crippen LogP contribution in [0.3, 0.4) is 0 Å². The van der Waals surface area contributed by atoms with Crippen LogP contribution in [0.25, 0.3) is 0 Å². The Bertz CT molecular complexity index is 223. The molecule has 0 spiro atoms. The average molecular weight is 255 g/mol. The third-order valence-corrected chi connectivity index (χ3v) is 4.63. The minimum Gasteiger partial charge on any atom is -0.379 e. The second-order valence-corrected chi connectivity index (χ2v) is 5.71. The lowest BCUT2D eigenvalue weighted by atomic mass is 9.90. The number of morpholine rings is 1. The molecular weight excluding hydrogens is 226 g/mol. The predicted octanol–water partition coefficient (Wildman–Crippen LogP) is 0.639. The van der Waals surface area contributed by atoms with Gasteiger partial charge in [-0.1, -0.05) is 0 Å². The Morgan fingerprint density at radius 1 is 1.06 bits per heavy atom. The van der Waals surface area contributed by atoms with E-state index in [0.29, 0.717) is 6.04 Å². The topological polar surface area (TPSA) is 27.7 Å². The van der Waals surface area contributed by atoms with Gasteiger partial charge in [-0.3, -0.25) is 4.90 Å². The molecule has 0 bridgehead atoms. The minimum atomic E-state index is 0.673. The van der Waals surface area contributed by atoms with E-state index in [9.17, 15) is 0 Å². The summed E-state index contributed by atoms with van der Waals surface area (Å²) >= 11 is 0. The molecule has 0 aromatic rings.